The summed E-state index contributed by atoms with van der Waals surface area (Å²) < 4.78 is 23.1. The highest BCUT2D eigenvalue weighted by atomic mass is 16.7. The van der Waals surface area contributed by atoms with Crippen molar-refractivity contribution in [2.24, 2.45) is 23.5 Å². The summed E-state index contributed by atoms with van der Waals surface area (Å²) in [6.45, 7) is 6.73. The highest BCUT2D eigenvalue weighted by molar-refractivity contribution is 5.71. The quantitative estimate of drug-likeness (QED) is 0.174. The van der Waals surface area contributed by atoms with Gasteiger partial charge < -0.3 is 80.9 Å². The van der Waals surface area contributed by atoms with Crippen LogP contribution in [0.25, 0.3) is 0 Å². The number of aliphatic hydroxyl groups excluding tert-OH is 9. The maximum absolute atomic E-state index is 12.6. The van der Waals surface area contributed by atoms with Crippen LogP contribution < -0.4 is 5.73 Å². The molecule has 19 atom stereocenters. The third kappa shape index (κ3) is 19.0. The molecule has 3 rings (SSSR count). The van der Waals surface area contributed by atoms with E-state index in [1.807, 2.05) is 19.1 Å². The number of cyclic esters (lactones) is 1. The molecule has 0 aromatic rings. The lowest BCUT2D eigenvalue weighted by Crippen LogP contribution is -2.61. The topological polar surface area (TPSA) is 320 Å². The van der Waals surface area contributed by atoms with Crippen LogP contribution in [0.3, 0.4) is 0 Å². The van der Waals surface area contributed by atoms with Gasteiger partial charge in [0.2, 0.25) is 0 Å². The monoisotopic (exact) mass is 923 g/mol. The summed E-state index contributed by atoms with van der Waals surface area (Å²) in [4.78, 5) is 25.1. The minimum Gasteiger partial charge on any atom is -0.481 e. The van der Waals surface area contributed by atoms with Crippen LogP contribution in [0.4, 0.5) is 0 Å². The van der Waals surface area contributed by atoms with Crippen LogP contribution in [-0.4, -0.2) is 166 Å². The molecule has 0 saturated carbocycles. The minimum absolute atomic E-state index is 0.285. The number of aliphatic carboxylic acids is 1. The molecule has 0 aromatic carbocycles. The Morgan fingerprint density at radius 2 is 1.14 bits per heavy atom. The van der Waals surface area contributed by atoms with Gasteiger partial charge in [0.15, 0.2) is 12.1 Å². The van der Waals surface area contributed by atoms with Gasteiger partial charge in [-0.05, 0) is 39.5 Å². The Kier molecular flexibility index (Phi) is 23.6. The number of carbonyl (C=O) groups is 2. The van der Waals surface area contributed by atoms with E-state index in [0.29, 0.717) is 0 Å². The van der Waals surface area contributed by atoms with Crippen molar-refractivity contribution >= 4 is 11.9 Å². The Morgan fingerprint density at radius 3 is 1.68 bits per heavy atom. The summed E-state index contributed by atoms with van der Waals surface area (Å²) in [5.74, 6) is -6.82. The van der Waals surface area contributed by atoms with E-state index in [9.17, 15) is 65.8 Å². The number of allylic oxidation sites excluding steroid dienone is 12. The summed E-state index contributed by atoms with van der Waals surface area (Å²) in [7, 11) is 0. The molecule has 368 valence electrons. The van der Waals surface area contributed by atoms with Gasteiger partial charge in [-0.1, -0.05) is 98.9 Å². The van der Waals surface area contributed by atoms with E-state index in [2.05, 4.69) is 0 Å². The van der Waals surface area contributed by atoms with E-state index >= 15 is 0 Å². The second kappa shape index (κ2) is 27.4. The number of carboxylic acids is 1. The van der Waals surface area contributed by atoms with Gasteiger partial charge in [0.25, 0.3) is 0 Å². The van der Waals surface area contributed by atoms with Crippen molar-refractivity contribution in [2.45, 2.75) is 177 Å². The average molecular weight is 924 g/mol. The Balaban J connectivity index is 1.86. The van der Waals surface area contributed by atoms with E-state index < -0.39 is 147 Å². The molecule has 18 heteroatoms. The Hall–Kier alpha value is -3.44. The first kappa shape index (κ1) is 55.9. The lowest BCUT2D eigenvalue weighted by molar-refractivity contribution is -0.308. The van der Waals surface area contributed by atoms with E-state index in [1.165, 1.54) is 13.0 Å². The van der Waals surface area contributed by atoms with Gasteiger partial charge in [-0.15, -0.1) is 0 Å². The Bertz CT molecular complexity index is 1670. The van der Waals surface area contributed by atoms with Gasteiger partial charge in [-0.2, -0.15) is 0 Å². The first-order chi connectivity index (χ1) is 30.6. The molecule has 2 saturated heterocycles. The molecule has 13 N–H and O–H groups in total. The fraction of sp³-hybridized carbons (Fsp3) is 0.660. The summed E-state index contributed by atoms with van der Waals surface area (Å²) in [5, 5.41) is 118. The molecule has 0 amide bonds. The number of esters is 1. The second-order valence-corrected chi connectivity index (χ2v) is 17.6. The maximum Gasteiger partial charge on any atom is 0.311 e. The van der Waals surface area contributed by atoms with Crippen molar-refractivity contribution in [2.75, 3.05) is 0 Å². The molecule has 0 radical (unpaired) electrons. The van der Waals surface area contributed by atoms with Crippen LogP contribution in [-0.2, 0) is 28.5 Å². The largest absolute Gasteiger partial charge is 0.481 e. The van der Waals surface area contributed by atoms with E-state index in [1.54, 1.807) is 80.7 Å². The number of ether oxygens (including phenoxy) is 4. The fourth-order valence-corrected chi connectivity index (χ4v) is 8.09. The van der Waals surface area contributed by atoms with E-state index in [-0.39, 0.29) is 31.6 Å². The number of aliphatic hydroxyl groups is 10. The third-order valence-electron chi connectivity index (χ3n) is 11.9. The zero-order chi connectivity index (χ0) is 48.4. The predicted molar refractivity (Wildman–Crippen MR) is 237 cm³/mol. The number of nitrogens with two attached hydrogens (primary N) is 1. The summed E-state index contributed by atoms with van der Waals surface area (Å²) >= 11 is 0. The fourth-order valence-electron chi connectivity index (χ4n) is 8.09. The molecule has 0 spiro atoms. The Morgan fingerprint density at radius 1 is 0.646 bits per heavy atom. The zero-order valence-electron chi connectivity index (χ0n) is 37.6. The van der Waals surface area contributed by atoms with Crippen LogP contribution in [0.15, 0.2) is 85.1 Å². The van der Waals surface area contributed by atoms with Crippen molar-refractivity contribution < 1.29 is 84.7 Å². The van der Waals surface area contributed by atoms with Crippen LogP contribution in [0.5, 0.6) is 0 Å². The van der Waals surface area contributed by atoms with E-state index in [4.69, 9.17) is 24.7 Å². The molecule has 65 heavy (non-hydrogen) atoms. The lowest BCUT2D eigenvalue weighted by Gasteiger charge is -2.45. The van der Waals surface area contributed by atoms with Crippen molar-refractivity contribution in [3.05, 3.63) is 85.1 Å². The standard InChI is InChI=1S/C47H73NO17/c1-27-17-15-13-11-9-7-5-6-8-10-12-14-16-18-36(64-46-44(58)41(48)43(57)30(4)63-46)24-38-40(45(59)60)37(54)26-47(61,65-38)25-35(53)22-33(51)20-31(49)19-32(50)21-34(52)23-39(55)62-29(3)28(2)42(27)56/h5-18,27-38,40-44,46,49-54,56-58,61H,19-26,48H2,1-4H3,(H,59,60)/b6-5+,9-7+,10-8+,13-11+,14-12+,17-15+,18-16+/t27-,28-,29-,30?,31?,32?,33?,34?,35?,36?,37-,38?,40?,41?,42?,43?,44?,46?,47?/m0/s1. The molecule has 3 heterocycles. The second-order valence-electron chi connectivity index (χ2n) is 17.6. The number of hydrogen-bond donors (Lipinski definition) is 12. The predicted octanol–water partition coefficient (Wildman–Crippen LogP) is 0.712. The van der Waals surface area contributed by atoms with Gasteiger partial charge in [-0.25, -0.2) is 0 Å². The maximum atomic E-state index is 12.6. The highest BCUT2D eigenvalue weighted by Gasteiger charge is 2.51. The number of carbonyl (C=O) groups excluding carboxylic acids is 1. The first-order valence-corrected chi connectivity index (χ1v) is 22.3. The zero-order valence-corrected chi connectivity index (χ0v) is 37.6. The average Bonchev–Trinajstić information content (AvgIpc) is 3.19. The molecular weight excluding hydrogens is 851 g/mol. The summed E-state index contributed by atoms with van der Waals surface area (Å²) in [6, 6.07) is -1.15. The number of carboxylic acid groups (broad SMARTS) is 1. The van der Waals surface area contributed by atoms with Gasteiger partial charge in [0, 0.05) is 31.1 Å². The van der Waals surface area contributed by atoms with Crippen LogP contribution in [0.1, 0.15) is 79.1 Å². The summed E-state index contributed by atoms with van der Waals surface area (Å²) in [5.41, 5.74) is 6.02. The third-order valence-corrected chi connectivity index (χ3v) is 11.9. The van der Waals surface area contributed by atoms with Gasteiger partial charge in [-0.3, -0.25) is 9.59 Å². The van der Waals surface area contributed by atoms with Crippen molar-refractivity contribution in [3.8, 4) is 0 Å². The highest BCUT2D eigenvalue weighted by Crippen LogP contribution is 2.38. The van der Waals surface area contributed by atoms with Crippen molar-refractivity contribution in [1.82, 2.24) is 0 Å². The first-order valence-electron chi connectivity index (χ1n) is 22.3. The molecule has 2 fully saturated rings. The van der Waals surface area contributed by atoms with Crippen molar-refractivity contribution in [1.29, 1.82) is 0 Å². The number of hydrogen-bond acceptors (Lipinski definition) is 17. The minimum atomic E-state index is -2.30. The molecule has 3 aliphatic heterocycles. The molecule has 2 bridgehead atoms. The van der Waals surface area contributed by atoms with Crippen LogP contribution in [0.2, 0.25) is 0 Å². The summed E-state index contributed by atoms with van der Waals surface area (Å²) in [6.07, 6.45) is 3.51. The Labute approximate surface area is 381 Å². The molecule has 0 aromatic heterocycles. The molecule has 18 nitrogen and oxygen atoms in total. The lowest BCUT2D eigenvalue weighted by atomic mass is 9.82. The molecule has 3 aliphatic rings. The molecule has 15 unspecified atom stereocenters. The molecular formula is C47H73NO17. The van der Waals surface area contributed by atoms with Gasteiger partial charge >= 0.3 is 11.9 Å². The number of rotatable bonds is 3. The van der Waals surface area contributed by atoms with Crippen molar-refractivity contribution in [3.63, 3.8) is 0 Å². The van der Waals surface area contributed by atoms with Crippen LogP contribution in [0, 0.1) is 17.8 Å². The van der Waals surface area contributed by atoms with Crippen LogP contribution >= 0.6 is 0 Å². The van der Waals surface area contributed by atoms with Gasteiger partial charge in [0.1, 0.15) is 18.1 Å². The smallest absolute Gasteiger partial charge is 0.311 e. The van der Waals surface area contributed by atoms with Gasteiger partial charge in [0.05, 0.1) is 79.6 Å². The normalized spacial score (nSPS) is 45.5. The number of fused-ring (bicyclic) bond motifs is 2. The van der Waals surface area contributed by atoms with E-state index in [0.717, 1.165) is 0 Å². The molecule has 0 aliphatic carbocycles. The SMILES string of the molecule is CC1OC(OC2/C=C/C=C/C=C/C=C/C=C/C=C/C=C/[C@H](C)C(O)[C@@H](C)[C@H](C)OC(=O)CC(O)CC(O)CC(O)CC(O)CC(O)CC3(O)C[C@H](O)C(C(=O)O)C(C2)O3)C(O)C(N)C1O.